The fourth-order valence-corrected chi connectivity index (χ4v) is 6.02. The topological polar surface area (TPSA) is 12.9 Å². The second-order valence-electron chi connectivity index (χ2n) is 10.0. The van der Waals surface area contributed by atoms with Crippen molar-refractivity contribution in [2.24, 2.45) is 0 Å². The van der Waals surface area contributed by atoms with Crippen molar-refractivity contribution in [1.29, 1.82) is 0 Å². The number of pyridine rings is 1. The zero-order chi connectivity index (χ0) is 25.1. The fourth-order valence-electron chi connectivity index (χ4n) is 6.02. The van der Waals surface area contributed by atoms with Crippen LogP contribution in [0.5, 0.6) is 0 Å². The molecule has 0 radical (unpaired) electrons. The molecule has 1 heterocycles. The quantitative estimate of drug-likeness (QED) is 0.229. The molecule has 0 aliphatic rings. The van der Waals surface area contributed by atoms with Gasteiger partial charge in [-0.15, -0.1) is 0 Å². The number of aromatic nitrogens is 1. The summed E-state index contributed by atoms with van der Waals surface area (Å²) in [5.41, 5.74) is 7.14. The second-order valence-corrected chi connectivity index (χ2v) is 10.0. The van der Waals surface area contributed by atoms with Gasteiger partial charge in [-0.25, -0.2) is 0 Å². The summed E-state index contributed by atoms with van der Waals surface area (Å²) in [6.07, 6.45) is 1.84. The lowest BCUT2D eigenvalue weighted by atomic mass is 9.87. The van der Waals surface area contributed by atoms with Gasteiger partial charge in [-0.2, -0.15) is 0 Å². The molecule has 1 aromatic heterocycles. The average Bonchev–Trinajstić information content (AvgIpc) is 3.00. The van der Waals surface area contributed by atoms with Crippen LogP contribution in [0.15, 0.2) is 140 Å². The number of benzene rings is 7. The smallest absolute Gasteiger partial charge is 0.0701 e. The maximum atomic E-state index is 4.51. The predicted molar refractivity (Wildman–Crippen MR) is 162 cm³/mol. The second kappa shape index (κ2) is 8.26. The van der Waals surface area contributed by atoms with Crippen LogP contribution in [0.2, 0.25) is 0 Å². The van der Waals surface area contributed by atoms with Gasteiger partial charge in [0.1, 0.15) is 0 Å². The summed E-state index contributed by atoms with van der Waals surface area (Å²) in [7, 11) is 0. The Bertz CT molecular complexity index is 2100. The van der Waals surface area contributed by atoms with Crippen LogP contribution >= 0.6 is 0 Å². The Balaban J connectivity index is 1.33. The average molecular weight is 482 g/mol. The maximum absolute atomic E-state index is 4.51. The first-order chi connectivity index (χ1) is 18.8. The van der Waals surface area contributed by atoms with Gasteiger partial charge in [0.15, 0.2) is 0 Å². The van der Waals surface area contributed by atoms with E-state index < -0.39 is 0 Å². The van der Waals surface area contributed by atoms with E-state index in [1.165, 1.54) is 65.3 Å². The van der Waals surface area contributed by atoms with Crippen LogP contribution in [0.25, 0.3) is 76.6 Å². The Kier molecular flexibility index (Phi) is 4.59. The molecule has 1 heteroatoms. The van der Waals surface area contributed by atoms with Crippen molar-refractivity contribution in [3.63, 3.8) is 0 Å². The van der Waals surface area contributed by atoms with Crippen molar-refractivity contribution in [3.8, 4) is 33.5 Å². The van der Waals surface area contributed by atoms with Gasteiger partial charge in [-0.1, -0.05) is 115 Å². The minimum absolute atomic E-state index is 0.996. The summed E-state index contributed by atoms with van der Waals surface area (Å²) >= 11 is 0. The molecular formula is C37H23N. The molecule has 1 nitrogen and oxygen atoms in total. The summed E-state index contributed by atoms with van der Waals surface area (Å²) in [4.78, 5) is 4.51. The SMILES string of the molecule is c1ccc(-c2ccc(-c3ccc4ccc5c(-c6ccc7ccccc7c6)ccc6ccc3c4c65)cc2)nc1. The van der Waals surface area contributed by atoms with Gasteiger partial charge in [-0.05, 0) is 83.5 Å². The minimum Gasteiger partial charge on any atom is -0.256 e. The third-order valence-corrected chi connectivity index (χ3v) is 7.88. The lowest BCUT2D eigenvalue weighted by molar-refractivity contribution is 1.33. The Morgan fingerprint density at radius 2 is 0.921 bits per heavy atom. The maximum Gasteiger partial charge on any atom is 0.0701 e. The first-order valence-electron chi connectivity index (χ1n) is 13.0. The van der Waals surface area contributed by atoms with E-state index in [0.717, 1.165) is 11.3 Å². The Labute approximate surface area is 221 Å². The van der Waals surface area contributed by atoms with E-state index in [1.54, 1.807) is 0 Å². The highest BCUT2D eigenvalue weighted by Crippen LogP contribution is 2.42. The molecule has 0 spiro atoms. The first-order valence-corrected chi connectivity index (χ1v) is 13.0. The van der Waals surface area contributed by atoms with Crippen LogP contribution in [0.1, 0.15) is 0 Å². The van der Waals surface area contributed by atoms with Crippen molar-refractivity contribution < 1.29 is 0 Å². The lowest BCUT2D eigenvalue weighted by Crippen LogP contribution is -1.90. The van der Waals surface area contributed by atoms with Crippen molar-refractivity contribution in [2.45, 2.75) is 0 Å². The van der Waals surface area contributed by atoms with E-state index >= 15 is 0 Å². The lowest BCUT2D eigenvalue weighted by Gasteiger charge is -2.17. The number of fused-ring (bicyclic) bond motifs is 1. The van der Waals surface area contributed by atoms with Gasteiger partial charge in [-0.3, -0.25) is 4.98 Å². The summed E-state index contributed by atoms with van der Waals surface area (Å²) in [5.74, 6) is 0. The Hall–Kier alpha value is -5.01. The van der Waals surface area contributed by atoms with Gasteiger partial charge < -0.3 is 0 Å². The largest absolute Gasteiger partial charge is 0.256 e. The van der Waals surface area contributed by atoms with Crippen LogP contribution in [0, 0.1) is 0 Å². The van der Waals surface area contributed by atoms with Gasteiger partial charge in [0.2, 0.25) is 0 Å². The number of nitrogens with zero attached hydrogens (tertiary/aromatic N) is 1. The first kappa shape index (κ1) is 21.1. The van der Waals surface area contributed by atoms with Crippen molar-refractivity contribution in [2.75, 3.05) is 0 Å². The molecule has 38 heavy (non-hydrogen) atoms. The molecule has 7 aromatic carbocycles. The zero-order valence-electron chi connectivity index (χ0n) is 20.7. The molecule has 0 aliphatic heterocycles. The van der Waals surface area contributed by atoms with Crippen LogP contribution in [-0.2, 0) is 0 Å². The molecule has 0 saturated heterocycles. The van der Waals surface area contributed by atoms with Crippen molar-refractivity contribution in [1.82, 2.24) is 4.98 Å². The highest BCUT2D eigenvalue weighted by molar-refractivity contribution is 6.27. The molecular weight excluding hydrogens is 458 g/mol. The van der Waals surface area contributed by atoms with E-state index in [4.69, 9.17) is 0 Å². The highest BCUT2D eigenvalue weighted by Gasteiger charge is 2.15. The van der Waals surface area contributed by atoms with Crippen LogP contribution in [-0.4, -0.2) is 4.98 Å². The van der Waals surface area contributed by atoms with E-state index in [0.29, 0.717) is 0 Å². The third-order valence-electron chi connectivity index (χ3n) is 7.88. The van der Waals surface area contributed by atoms with Gasteiger partial charge >= 0.3 is 0 Å². The molecule has 0 N–H and O–H groups in total. The third kappa shape index (κ3) is 3.22. The van der Waals surface area contributed by atoms with Crippen LogP contribution in [0.4, 0.5) is 0 Å². The van der Waals surface area contributed by atoms with E-state index in [9.17, 15) is 0 Å². The molecule has 0 aliphatic carbocycles. The minimum atomic E-state index is 0.996. The number of rotatable bonds is 3. The van der Waals surface area contributed by atoms with Gasteiger partial charge in [0, 0.05) is 11.8 Å². The molecule has 0 bridgehead atoms. The van der Waals surface area contributed by atoms with Gasteiger partial charge in [0.25, 0.3) is 0 Å². The number of hydrogen-bond donors (Lipinski definition) is 0. The fraction of sp³-hybridized carbons (Fsp3) is 0. The molecule has 0 amide bonds. The highest BCUT2D eigenvalue weighted by atomic mass is 14.7. The van der Waals surface area contributed by atoms with Gasteiger partial charge in [0.05, 0.1) is 5.69 Å². The summed E-state index contributed by atoms with van der Waals surface area (Å²) in [6.45, 7) is 0. The standard InChI is InChI=1S/C37H23N/c1-2-6-29-23-30(13-8-24(29)5-1)32-19-15-28-16-20-33-31(18-14-27-17-21-34(32)37(28)36(27)33)25-9-11-26(12-10-25)35-7-3-4-22-38-35/h1-23H. The van der Waals surface area contributed by atoms with E-state index in [1.807, 2.05) is 18.3 Å². The van der Waals surface area contributed by atoms with Crippen LogP contribution < -0.4 is 0 Å². The summed E-state index contributed by atoms with van der Waals surface area (Å²) in [5, 5.41) is 10.4. The Morgan fingerprint density at radius 3 is 1.61 bits per heavy atom. The molecule has 0 saturated carbocycles. The van der Waals surface area contributed by atoms with E-state index in [-0.39, 0.29) is 0 Å². The van der Waals surface area contributed by atoms with Crippen molar-refractivity contribution in [3.05, 3.63) is 140 Å². The molecule has 0 unspecified atom stereocenters. The Morgan fingerprint density at radius 1 is 0.368 bits per heavy atom. The monoisotopic (exact) mass is 481 g/mol. The van der Waals surface area contributed by atoms with E-state index in [2.05, 4.69) is 126 Å². The molecule has 0 fully saturated rings. The molecule has 8 rings (SSSR count). The molecule has 176 valence electrons. The predicted octanol–water partition coefficient (Wildman–Crippen LogP) is 10.1. The summed E-state index contributed by atoms with van der Waals surface area (Å²) < 4.78 is 0. The number of hydrogen-bond acceptors (Lipinski definition) is 1. The summed E-state index contributed by atoms with van der Waals surface area (Å²) in [6, 6.07) is 48.5. The zero-order valence-corrected chi connectivity index (χ0v) is 20.7. The molecule has 0 atom stereocenters. The van der Waals surface area contributed by atoms with Crippen molar-refractivity contribution >= 4 is 43.1 Å². The van der Waals surface area contributed by atoms with Crippen LogP contribution in [0.3, 0.4) is 0 Å². The normalized spacial score (nSPS) is 11.7. The molecule has 8 aromatic rings.